The lowest BCUT2D eigenvalue weighted by Gasteiger charge is -2.07. The van der Waals surface area contributed by atoms with Gasteiger partial charge in [-0.25, -0.2) is 0 Å². The van der Waals surface area contributed by atoms with Crippen LogP contribution in [0.3, 0.4) is 0 Å². The van der Waals surface area contributed by atoms with E-state index in [1.54, 1.807) is 19.1 Å². The van der Waals surface area contributed by atoms with E-state index in [-0.39, 0.29) is 11.9 Å². The molecule has 0 spiro atoms. The molecule has 1 rings (SSSR count). The second-order valence-corrected chi connectivity index (χ2v) is 3.66. The van der Waals surface area contributed by atoms with Crippen LogP contribution >= 0.6 is 0 Å². The maximum Gasteiger partial charge on any atom is 0.170 e. The molecule has 0 radical (unpaired) electrons. The molecule has 0 aliphatic carbocycles. The van der Waals surface area contributed by atoms with Gasteiger partial charge >= 0.3 is 0 Å². The number of hydrogen-bond acceptors (Lipinski definition) is 4. The number of aliphatic hydroxyl groups excluding tert-OH is 1. The number of oxime groups is 1. The standard InChI is InChI=1S/C11H17N3O2/c1-8(15)6-13-7-9-2-4-10(5-3-9)11(12)14-16/h2-5,8,13,15-16H,6-7H2,1H3,(H2,12,14). The second-order valence-electron chi connectivity index (χ2n) is 3.66. The first-order chi connectivity index (χ1) is 7.63. The molecule has 0 aromatic heterocycles. The Labute approximate surface area is 94.6 Å². The summed E-state index contributed by atoms with van der Waals surface area (Å²) in [5.41, 5.74) is 7.20. The van der Waals surface area contributed by atoms with Crippen molar-refractivity contribution in [2.75, 3.05) is 6.54 Å². The van der Waals surface area contributed by atoms with E-state index in [0.29, 0.717) is 18.7 Å². The van der Waals surface area contributed by atoms with Gasteiger partial charge in [0.05, 0.1) is 6.10 Å². The van der Waals surface area contributed by atoms with Crippen LogP contribution in [-0.2, 0) is 6.54 Å². The highest BCUT2D eigenvalue weighted by molar-refractivity contribution is 5.96. The molecule has 0 bridgehead atoms. The minimum Gasteiger partial charge on any atom is -0.409 e. The summed E-state index contributed by atoms with van der Waals surface area (Å²) >= 11 is 0. The fourth-order valence-corrected chi connectivity index (χ4v) is 1.28. The normalized spacial score (nSPS) is 13.8. The molecular formula is C11H17N3O2. The van der Waals surface area contributed by atoms with Crippen LogP contribution < -0.4 is 11.1 Å². The van der Waals surface area contributed by atoms with Crippen molar-refractivity contribution < 1.29 is 10.3 Å². The third-order valence-corrected chi connectivity index (χ3v) is 2.13. The first kappa shape index (κ1) is 12.5. The molecule has 88 valence electrons. The zero-order valence-electron chi connectivity index (χ0n) is 9.22. The smallest absolute Gasteiger partial charge is 0.170 e. The van der Waals surface area contributed by atoms with E-state index in [0.717, 1.165) is 5.56 Å². The van der Waals surface area contributed by atoms with Gasteiger partial charge in [-0.15, -0.1) is 0 Å². The van der Waals surface area contributed by atoms with Crippen molar-refractivity contribution in [2.24, 2.45) is 10.9 Å². The van der Waals surface area contributed by atoms with Crippen LogP contribution in [-0.4, -0.2) is 28.8 Å². The van der Waals surface area contributed by atoms with E-state index in [9.17, 15) is 0 Å². The predicted octanol–water partition coefficient (Wildman–Crippen LogP) is 0.251. The average molecular weight is 223 g/mol. The maximum atomic E-state index is 9.06. The largest absolute Gasteiger partial charge is 0.409 e. The molecule has 0 saturated heterocycles. The molecule has 5 N–H and O–H groups in total. The fourth-order valence-electron chi connectivity index (χ4n) is 1.28. The van der Waals surface area contributed by atoms with Crippen LogP contribution in [0.4, 0.5) is 0 Å². The van der Waals surface area contributed by atoms with Crippen molar-refractivity contribution in [1.29, 1.82) is 0 Å². The number of amidine groups is 1. The Kier molecular flexibility index (Phi) is 4.75. The molecule has 0 heterocycles. The number of benzene rings is 1. The highest BCUT2D eigenvalue weighted by Gasteiger charge is 1.99. The number of nitrogens with two attached hydrogens (primary N) is 1. The molecule has 0 amide bonds. The molecule has 5 nitrogen and oxygen atoms in total. The van der Waals surface area contributed by atoms with Gasteiger partial charge in [0.15, 0.2) is 5.84 Å². The van der Waals surface area contributed by atoms with Gasteiger partial charge in [-0.3, -0.25) is 0 Å². The number of hydrogen-bond donors (Lipinski definition) is 4. The first-order valence-electron chi connectivity index (χ1n) is 5.09. The van der Waals surface area contributed by atoms with Crippen LogP contribution in [0.5, 0.6) is 0 Å². The predicted molar refractivity (Wildman–Crippen MR) is 62.3 cm³/mol. The lowest BCUT2D eigenvalue weighted by molar-refractivity contribution is 0.191. The summed E-state index contributed by atoms with van der Waals surface area (Å²) in [6, 6.07) is 7.35. The third kappa shape index (κ3) is 3.88. The van der Waals surface area contributed by atoms with E-state index in [1.807, 2.05) is 12.1 Å². The topological polar surface area (TPSA) is 90.9 Å². The summed E-state index contributed by atoms with van der Waals surface area (Å²) in [7, 11) is 0. The molecular weight excluding hydrogens is 206 g/mol. The molecule has 0 aliphatic rings. The van der Waals surface area contributed by atoms with Crippen molar-refractivity contribution >= 4 is 5.84 Å². The Morgan fingerprint density at radius 1 is 1.44 bits per heavy atom. The van der Waals surface area contributed by atoms with Crippen LogP contribution in [0, 0.1) is 0 Å². The molecule has 1 aromatic rings. The molecule has 1 unspecified atom stereocenters. The fraction of sp³-hybridized carbons (Fsp3) is 0.364. The molecule has 16 heavy (non-hydrogen) atoms. The van der Waals surface area contributed by atoms with E-state index < -0.39 is 0 Å². The number of rotatable bonds is 5. The van der Waals surface area contributed by atoms with E-state index in [2.05, 4.69) is 10.5 Å². The highest BCUT2D eigenvalue weighted by Crippen LogP contribution is 2.03. The average Bonchev–Trinajstić information content (AvgIpc) is 2.28. The molecule has 0 fully saturated rings. The monoisotopic (exact) mass is 223 g/mol. The molecule has 0 aliphatic heterocycles. The molecule has 0 saturated carbocycles. The Hall–Kier alpha value is -1.59. The van der Waals surface area contributed by atoms with Gasteiger partial charge in [0.1, 0.15) is 0 Å². The van der Waals surface area contributed by atoms with E-state index in [1.165, 1.54) is 0 Å². The van der Waals surface area contributed by atoms with Crippen LogP contribution in [0.25, 0.3) is 0 Å². The summed E-state index contributed by atoms with van der Waals surface area (Å²) in [6.07, 6.45) is -0.351. The van der Waals surface area contributed by atoms with Gasteiger partial charge in [-0.05, 0) is 12.5 Å². The summed E-state index contributed by atoms with van der Waals surface area (Å²) in [4.78, 5) is 0. The molecule has 1 atom stereocenters. The van der Waals surface area contributed by atoms with E-state index >= 15 is 0 Å². The number of nitrogens with one attached hydrogen (secondary N) is 1. The van der Waals surface area contributed by atoms with E-state index in [4.69, 9.17) is 16.0 Å². The van der Waals surface area contributed by atoms with Gasteiger partial charge in [0, 0.05) is 18.7 Å². The second kappa shape index (κ2) is 6.09. The number of nitrogens with zero attached hydrogens (tertiary/aromatic N) is 1. The first-order valence-corrected chi connectivity index (χ1v) is 5.09. The summed E-state index contributed by atoms with van der Waals surface area (Å²) in [5.74, 6) is 0.100. The highest BCUT2D eigenvalue weighted by atomic mass is 16.4. The molecule has 1 aromatic carbocycles. The quantitative estimate of drug-likeness (QED) is 0.249. The van der Waals surface area contributed by atoms with Crippen molar-refractivity contribution in [3.8, 4) is 0 Å². The summed E-state index contributed by atoms with van der Waals surface area (Å²) in [6.45, 7) is 2.97. The SMILES string of the molecule is CC(O)CNCc1ccc(C(N)=NO)cc1. The Morgan fingerprint density at radius 3 is 2.56 bits per heavy atom. The van der Waals surface area contributed by atoms with Crippen LogP contribution in [0.2, 0.25) is 0 Å². The van der Waals surface area contributed by atoms with Crippen molar-refractivity contribution in [3.05, 3.63) is 35.4 Å². The van der Waals surface area contributed by atoms with Gasteiger partial charge in [-0.2, -0.15) is 0 Å². The van der Waals surface area contributed by atoms with Gasteiger partial charge < -0.3 is 21.4 Å². The van der Waals surface area contributed by atoms with Gasteiger partial charge in [0.25, 0.3) is 0 Å². The van der Waals surface area contributed by atoms with Gasteiger partial charge in [-0.1, -0.05) is 29.4 Å². The summed E-state index contributed by atoms with van der Waals surface area (Å²) < 4.78 is 0. The Bertz CT molecular complexity index is 347. The summed E-state index contributed by atoms with van der Waals surface area (Å²) in [5, 5.41) is 23.6. The maximum absolute atomic E-state index is 9.06. The number of aliphatic hydroxyl groups is 1. The Balaban J connectivity index is 2.52. The van der Waals surface area contributed by atoms with Crippen molar-refractivity contribution in [3.63, 3.8) is 0 Å². The lowest BCUT2D eigenvalue weighted by atomic mass is 10.1. The lowest BCUT2D eigenvalue weighted by Crippen LogP contribution is -2.23. The zero-order chi connectivity index (χ0) is 12.0. The zero-order valence-corrected chi connectivity index (χ0v) is 9.22. The van der Waals surface area contributed by atoms with Crippen LogP contribution in [0.1, 0.15) is 18.1 Å². The molecule has 5 heteroatoms. The third-order valence-electron chi connectivity index (χ3n) is 2.13. The van der Waals surface area contributed by atoms with Crippen LogP contribution in [0.15, 0.2) is 29.4 Å². The Morgan fingerprint density at radius 2 is 2.06 bits per heavy atom. The van der Waals surface area contributed by atoms with Crippen molar-refractivity contribution in [1.82, 2.24) is 5.32 Å². The minimum absolute atomic E-state index is 0.100. The van der Waals surface area contributed by atoms with Crippen molar-refractivity contribution in [2.45, 2.75) is 19.6 Å². The minimum atomic E-state index is -0.351. The van der Waals surface area contributed by atoms with Gasteiger partial charge in [0.2, 0.25) is 0 Å².